The van der Waals surface area contributed by atoms with E-state index < -0.39 is 86.6 Å². The maximum absolute atomic E-state index is 11.5. The third kappa shape index (κ3) is 4.95. The van der Waals surface area contributed by atoms with Crippen molar-refractivity contribution in [3.63, 3.8) is 0 Å². The minimum atomic E-state index is -1.79. The lowest BCUT2D eigenvalue weighted by atomic mass is 9.97. The van der Waals surface area contributed by atoms with E-state index in [-0.39, 0.29) is 0 Å². The quantitative estimate of drug-likeness (QED) is 0.191. The summed E-state index contributed by atoms with van der Waals surface area (Å²) < 4.78 is 20.5. The summed E-state index contributed by atoms with van der Waals surface area (Å²) in [5, 5.41) is 68.8. The molecular formula is C15H27NO12. The highest BCUT2D eigenvalue weighted by molar-refractivity contribution is 5.74. The number of hydrogen-bond acceptors (Lipinski definition) is 13. The van der Waals surface area contributed by atoms with Gasteiger partial charge < -0.3 is 60.4 Å². The molecule has 2 heterocycles. The predicted octanol–water partition coefficient (Wildman–Crippen LogP) is -5.50. The van der Waals surface area contributed by atoms with Crippen LogP contribution in [0.5, 0.6) is 0 Å². The smallest absolute Gasteiger partial charge is 0.322 e. The molecule has 0 saturated carbocycles. The minimum absolute atomic E-state index is 0.514. The van der Waals surface area contributed by atoms with Crippen molar-refractivity contribution in [2.24, 2.45) is 5.73 Å². The van der Waals surface area contributed by atoms with Crippen LogP contribution in [0.15, 0.2) is 0 Å². The molecule has 0 amide bonds. The van der Waals surface area contributed by atoms with Crippen LogP contribution in [-0.4, -0.2) is 122 Å². The van der Waals surface area contributed by atoms with E-state index >= 15 is 0 Å². The molecule has 13 heteroatoms. The van der Waals surface area contributed by atoms with Gasteiger partial charge in [-0.25, -0.2) is 0 Å². The van der Waals surface area contributed by atoms with E-state index in [2.05, 4.69) is 0 Å². The molecule has 2 rings (SSSR count). The van der Waals surface area contributed by atoms with Crippen molar-refractivity contribution in [3.05, 3.63) is 0 Å². The summed E-state index contributed by atoms with van der Waals surface area (Å²) in [5.41, 5.74) is 5.36. The molecule has 9 N–H and O–H groups in total. The second-order valence-electron chi connectivity index (χ2n) is 6.76. The molecule has 0 spiro atoms. The summed E-state index contributed by atoms with van der Waals surface area (Å²) in [6.07, 6.45) is -16.2. The molecule has 13 nitrogen and oxygen atoms in total. The van der Waals surface area contributed by atoms with Gasteiger partial charge in [0.2, 0.25) is 0 Å². The number of nitrogens with two attached hydrogens (primary N) is 1. The standard InChI is InChI=1S/C15H27NO12/c1-4(16)13(23)25-3-6-7(18)8(19)11(22)15(27-6)28-12-5(2-17)26-14(24)10(21)9(12)20/h4-12,14-15,17-22,24H,2-3,16H2,1H3/t4-,5+,6+,7+,8-,9+,10+,11+,12+,14+,15-/m0/s1. The van der Waals surface area contributed by atoms with E-state index in [1.807, 2.05) is 0 Å². The first-order valence-electron chi connectivity index (χ1n) is 8.66. The van der Waals surface area contributed by atoms with Crippen LogP contribution in [0.1, 0.15) is 6.92 Å². The van der Waals surface area contributed by atoms with Crippen molar-refractivity contribution in [2.75, 3.05) is 13.2 Å². The molecule has 0 aromatic heterocycles. The van der Waals surface area contributed by atoms with Gasteiger partial charge in [0.05, 0.1) is 6.61 Å². The summed E-state index contributed by atoms with van der Waals surface area (Å²) in [6.45, 7) is 0.152. The fourth-order valence-electron chi connectivity index (χ4n) is 2.85. The molecule has 2 aliphatic rings. The van der Waals surface area contributed by atoms with Crippen LogP contribution in [0.4, 0.5) is 0 Å². The first-order valence-corrected chi connectivity index (χ1v) is 8.66. The average Bonchev–Trinajstić information content (AvgIpc) is 2.66. The van der Waals surface area contributed by atoms with Gasteiger partial charge >= 0.3 is 5.97 Å². The molecule has 0 unspecified atom stereocenters. The van der Waals surface area contributed by atoms with E-state index in [9.17, 15) is 40.5 Å². The van der Waals surface area contributed by atoms with Crippen LogP contribution >= 0.6 is 0 Å². The van der Waals surface area contributed by atoms with Crippen LogP contribution < -0.4 is 5.73 Å². The number of carbonyl (C=O) groups is 1. The number of aliphatic hydroxyl groups is 7. The molecule has 0 aromatic rings. The van der Waals surface area contributed by atoms with Crippen LogP contribution in [0.25, 0.3) is 0 Å². The van der Waals surface area contributed by atoms with Gasteiger partial charge in [-0.2, -0.15) is 0 Å². The van der Waals surface area contributed by atoms with E-state index in [4.69, 9.17) is 24.7 Å². The zero-order chi connectivity index (χ0) is 21.2. The van der Waals surface area contributed by atoms with Crippen molar-refractivity contribution >= 4 is 5.97 Å². The van der Waals surface area contributed by atoms with Crippen LogP contribution in [0.2, 0.25) is 0 Å². The summed E-state index contributed by atoms with van der Waals surface area (Å²) in [7, 11) is 0. The monoisotopic (exact) mass is 413 g/mol. The number of aliphatic hydroxyl groups excluding tert-OH is 7. The molecule has 164 valence electrons. The number of rotatable bonds is 6. The third-order valence-electron chi connectivity index (χ3n) is 4.56. The Morgan fingerprint density at radius 1 is 0.964 bits per heavy atom. The minimum Gasteiger partial charge on any atom is -0.462 e. The largest absolute Gasteiger partial charge is 0.462 e. The molecule has 0 bridgehead atoms. The van der Waals surface area contributed by atoms with Gasteiger partial charge in [0.15, 0.2) is 12.6 Å². The molecule has 11 atom stereocenters. The number of hydrogen-bond donors (Lipinski definition) is 8. The third-order valence-corrected chi connectivity index (χ3v) is 4.56. The normalized spacial score (nSPS) is 45.5. The average molecular weight is 413 g/mol. The highest BCUT2D eigenvalue weighted by atomic mass is 16.7. The number of esters is 1. The lowest BCUT2D eigenvalue weighted by Gasteiger charge is -2.45. The molecule has 0 aliphatic carbocycles. The highest BCUT2D eigenvalue weighted by Crippen LogP contribution is 2.28. The van der Waals surface area contributed by atoms with Gasteiger partial charge in [-0.05, 0) is 6.92 Å². The van der Waals surface area contributed by atoms with Crippen LogP contribution in [0.3, 0.4) is 0 Å². The van der Waals surface area contributed by atoms with Crippen molar-refractivity contribution in [1.29, 1.82) is 0 Å². The van der Waals surface area contributed by atoms with Gasteiger partial charge in [-0.1, -0.05) is 0 Å². The number of carbonyl (C=O) groups excluding carboxylic acids is 1. The molecule has 2 fully saturated rings. The van der Waals surface area contributed by atoms with Gasteiger partial charge in [-0.3, -0.25) is 4.79 Å². The van der Waals surface area contributed by atoms with Gasteiger partial charge in [0.25, 0.3) is 0 Å². The second-order valence-corrected chi connectivity index (χ2v) is 6.76. The molecule has 0 radical (unpaired) electrons. The van der Waals surface area contributed by atoms with E-state index in [0.717, 1.165) is 0 Å². The molecule has 2 aliphatic heterocycles. The fourth-order valence-corrected chi connectivity index (χ4v) is 2.85. The maximum atomic E-state index is 11.5. The van der Waals surface area contributed by atoms with Gasteiger partial charge in [-0.15, -0.1) is 0 Å². The first kappa shape index (κ1) is 23.3. The van der Waals surface area contributed by atoms with Crippen LogP contribution in [0, 0.1) is 0 Å². The summed E-state index contributed by atoms with van der Waals surface area (Å²) in [4.78, 5) is 11.5. The van der Waals surface area contributed by atoms with Gasteiger partial charge in [0.1, 0.15) is 61.5 Å². The predicted molar refractivity (Wildman–Crippen MR) is 86.1 cm³/mol. The Morgan fingerprint density at radius 2 is 1.61 bits per heavy atom. The maximum Gasteiger partial charge on any atom is 0.322 e. The Balaban J connectivity index is 2.09. The molecule has 2 saturated heterocycles. The van der Waals surface area contributed by atoms with E-state index in [1.54, 1.807) is 0 Å². The first-order chi connectivity index (χ1) is 13.1. The zero-order valence-electron chi connectivity index (χ0n) is 15.0. The van der Waals surface area contributed by atoms with Crippen molar-refractivity contribution < 1.29 is 59.5 Å². The second kappa shape index (κ2) is 9.69. The van der Waals surface area contributed by atoms with Crippen molar-refractivity contribution in [1.82, 2.24) is 0 Å². The highest BCUT2D eigenvalue weighted by Gasteiger charge is 2.50. The van der Waals surface area contributed by atoms with Crippen molar-refractivity contribution in [3.8, 4) is 0 Å². The summed E-state index contributed by atoms with van der Waals surface area (Å²) >= 11 is 0. The SMILES string of the molecule is C[C@H](N)C(=O)OC[C@H]1O[C@@H](O[C@H]2[C@H](O)[C@@H](O)[C@H](O)O[C@@H]2CO)[C@H](O)[C@@H](O)[C@@H]1O. The van der Waals surface area contributed by atoms with Gasteiger partial charge in [0, 0.05) is 0 Å². The summed E-state index contributed by atoms with van der Waals surface area (Å²) in [5.74, 6) is -0.789. The van der Waals surface area contributed by atoms with E-state index in [1.165, 1.54) is 6.92 Å². The molecule has 0 aromatic carbocycles. The zero-order valence-corrected chi connectivity index (χ0v) is 15.0. The number of ether oxygens (including phenoxy) is 4. The van der Waals surface area contributed by atoms with E-state index in [0.29, 0.717) is 0 Å². The Kier molecular flexibility index (Phi) is 8.06. The Hall–Kier alpha value is -0.970. The molecular weight excluding hydrogens is 386 g/mol. The summed E-state index contributed by atoms with van der Waals surface area (Å²) in [6, 6.07) is -0.934. The molecule has 28 heavy (non-hydrogen) atoms. The fraction of sp³-hybridized carbons (Fsp3) is 0.933. The lowest BCUT2D eigenvalue weighted by Crippen LogP contribution is -2.64. The lowest BCUT2D eigenvalue weighted by molar-refractivity contribution is -0.355. The topological polar surface area (TPSA) is 222 Å². The Bertz CT molecular complexity index is 519. The van der Waals surface area contributed by atoms with Crippen molar-refractivity contribution in [2.45, 2.75) is 74.4 Å². The van der Waals surface area contributed by atoms with Crippen LogP contribution in [-0.2, 0) is 23.7 Å². The Labute approximate surface area is 159 Å². The Morgan fingerprint density at radius 3 is 2.18 bits per heavy atom.